The Balaban J connectivity index is 1.88. The van der Waals surface area contributed by atoms with Crippen molar-refractivity contribution in [2.45, 2.75) is 45.6 Å². The van der Waals surface area contributed by atoms with E-state index in [1.807, 2.05) is 18.2 Å². The summed E-state index contributed by atoms with van der Waals surface area (Å²) in [6, 6.07) is 8.69. The Morgan fingerprint density at radius 1 is 1.25 bits per heavy atom. The van der Waals surface area contributed by atoms with Crippen molar-refractivity contribution in [3.05, 3.63) is 30.6 Å². The van der Waals surface area contributed by atoms with Gasteiger partial charge >= 0.3 is 0 Å². The van der Waals surface area contributed by atoms with E-state index >= 15 is 0 Å². The number of anilines is 1. The summed E-state index contributed by atoms with van der Waals surface area (Å²) >= 11 is 0. The van der Waals surface area contributed by atoms with E-state index in [-0.39, 0.29) is 0 Å². The fourth-order valence-electron chi connectivity index (χ4n) is 3.02. The zero-order valence-electron chi connectivity index (χ0n) is 12.1. The highest BCUT2D eigenvalue weighted by atomic mass is 15.5. The van der Waals surface area contributed by atoms with E-state index in [9.17, 15) is 0 Å². The fraction of sp³-hybridized carbons (Fsp3) is 0.533. The van der Waals surface area contributed by atoms with Crippen molar-refractivity contribution in [1.29, 1.82) is 0 Å². The molecule has 1 fully saturated rings. The Hall–Kier alpha value is -1.91. The number of benzene rings is 1. The second kappa shape index (κ2) is 5.23. The van der Waals surface area contributed by atoms with Crippen LogP contribution in [0.5, 0.6) is 0 Å². The smallest absolute Gasteiger partial charge is 0.143 e. The van der Waals surface area contributed by atoms with Crippen molar-refractivity contribution >= 4 is 5.69 Å². The summed E-state index contributed by atoms with van der Waals surface area (Å²) in [7, 11) is 0. The van der Waals surface area contributed by atoms with E-state index in [0.717, 1.165) is 11.4 Å². The van der Waals surface area contributed by atoms with E-state index in [1.54, 1.807) is 11.0 Å². The Morgan fingerprint density at radius 3 is 2.85 bits per heavy atom. The van der Waals surface area contributed by atoms with Crippen LogP contribution in [0.1, 0.15) is 39.5 Å². The number of nitrogens with one attached hydrogen (secondary N) is 1. The molecule has 0 amide bonds. The lowest BCUT2D eigenvalue weighted by molar-refractivity contribution is 0.217. The molecule has 2 aromatic rings. The number of hydrogen-bond acceptors (Lipinski definition) is 4. The third-order valence-corrected chi connectivity index (χ3v) is 4.34. The molecule has 0 radical (unpaired) electrons. The summed E-state index contributed by atoms with van der Waals surface area (Å²) in [5.74, 6) is 0. The van der Waals surface area contributed by atoms with Gasteiger partial charge in [0.15, 0.2) is 0 Å². The molecule has 0 aliphatic heterocycles. The van der Waals surface area contributed by atoms with Crippen LogP contribution in [0.2, 0.25) is 0 Å². The van der Waals surface area contributed by atoms with Gasteiger partial charge in [-0.1, -0.05) is 38.8 Å². The van der Waals surface area contributed by atoms with E-state index in [1.165, 1.54) is 25.7 Å². The minimum Gasteiger partial charge on any atom is -0.380 e. The topological polar surface area (TPSA) is 55.6 Å². The van der Waals surface area contributed by atoms with Gasteiger partial charge in [0.2, 0.25) is 0 Å². The quantitative estimate of drug-likeness (QED) is 0.932. The molecule has 20 heavy (non-hydrogen) atoms. The van der Waals surface area contributed by atoms with Crippen LogP contribution in [-0.4, -0.2) is 26.2 Å². The summed E-state index contributed by atoms with van der Waals surface area (Å²) < 4.78 is 1.71. The monoisotopic (exact) mass is 271 g/mol. The predicted molar refractivity (Wildman–Crippen MR) is 78.8 cm³/mol. The van der Waals surface area contributed by atoms with Gasteiger partial charge in [-0.25, -0.2) is 0 Å². The minimum atomic E-state index is 0.325. The number of nitrogens with zero attached hydrogens (tertiary/aromatic N) is 4. The van der Waals surface area contributed by atoms with Crippen molar-refractivity contribution in [2.75, 3.05) is 5.32 Å². The third kappa shape index (κ3) is 2.53. The number of tetrazole rings is 1. The third-order valence-electron chi connectivity index (χ3n) is 4.34. The summed E-state index contributed by atoms with van der Waals surface area (Å²) in [6.07, 6.45) is 6.76. The van der Waals surface area contributed by atoms with Gasteiger partial charge < -0.3 is 5.32 Å². The normalized spacial score (nSPS) is 21.6. The van der Waals surface area contributed by atoms with Gasteiger partial charge in [0.1, 0.15) is 6.33 Å². The first-order valence-corrected chi connectivity index (χ1v) is 7.26. The maximum absolute atomic E-state index is 3.99. The van der Waals surface area contributed by atoms with Crippen molar-refractivity contribution in [3.63, 3.8) is 0 Å². The van der Waals surface area contributed by atoms with Gasteiger partial charge in [0.05, 0.1) is 11.4 Å². The van der Waals surface area contributed by atoms with Gasteiger partial charge in [-0.05, 0) is 40.8 Å². The van der Waals surface area contributed by atoms with Gasteiger partial charge in [-0.2, -0.15) is 4.68 Å². The van der Waals surface area contributed by atoms with Crippen LogP contribution < -0.4 is 5.32 Å². The number of hydrogen-bond donors (Lipinski definition) is 1. The molecular formula is C15H21N5. The van der Waals surface area contributed by atoms with E-state index in [2.05, 4.69) is 40.8 Å². The SMILES string of the molecule is CC1(C)CCCCC1Nc1ccccc1-n1cnnn1. The highest BCUT2D eigenvalue weighted by Crippen LogP contribution is 2.37. The second-order valence-corrected chi connectivity index (χ2v) is 6.20. The van der Waals surface area contributed by atoms with Crippen LogP contribution in [0, 0.1) is 5.41 Å². The van der Waals surface area contributed by atoms with E-state index in [4.69, 9.17) is 0 Å². The fourth-order valence-corrected chi connectivity index (χ4v) is 3.02. The minimum absolute atomic E-state index is 0.325. The van der Waals surface area contributed by atoms with Gasteiger partial charge in [-0.15, -0.1) is 5.10 Å². The summed E-state index contributed by atoms with van der Waals surface area (Å²) in [4.78, 5) is 0. The maximum Gasteiger partial charge on any atom is 0.143 e. The number of aromatic nitrogens is 4. The van der Waals surface area contributed by atoms with Crippen molar-refractivity contribution in [1.82, 2.24) is 20.2 Å². The zero-order chi connectivity index (χ0) is 14.0. The number of para-hydroxylation sites is 2. The standard InChI is InChI=1S/C15H21N5/c1-15(2)10-6-5-9-14(15)17-12-7-3-4-8-13(12)20-11-16-18-19-20/h3-4,7-8,11,14,17H,5-6,9-10H2,1-2H3. The Morgan fingerprint density at radius 2 is 2.10 bits per heavy atom. The van der Waals surface area contributed by atoms with Gasteiger partial charge in [0, 0.05) is 6.04 Å². The first-order valence-electron chi connectivity index (χ1n) is 7.26. The molecule has 1 aliphatic carbocycles. The van der Waals surface area contributed by atoms with E-state index < -0.39 is 0 Å². The van der Waals surface area contributed by atoms with Crippen LogP contribution in [0.25, 0.3) is 5.69 Å². The molecule has 0 saturated heterocycles. The van der Waals surface area contributed by atoms with Gasteiger partial charge in [-0.3, -0.25) is 0 Å². The molecule has 1 atom stereocenters. The number of rotatable bonds is 3. The summed E-state index contributed by atoms with van der Waals surface area (Å²) in [6.45, 7) is 4.70. The molecule has 106 valence electrons. The Kier molecular flexibility index (Phi) is 3.42. The van der Waals surface area contributed by atoms with Crippen LogP contribution >= 0.6 is 0 Å². The largest absolute Gasteiger partial charge is 0.380 e. The summed E-state index contributed by atoms with van der Waals surface area (Å²) in [5, 5.41) is 15.1. The average Bonchev–Trinajstić information content (AvgIpc) is 2.95. The van der Waals surface area contributed by atoms with E-state index in [0.29, 0.717) is 11.5 Å². The molecule has 1 aliphatic rings. The molecule has 1 N–H and O–H groups in total. The molecule has 0 bridgehead atoms. The van der Waals surface area contributed by atoms with Crippen LogP contribution in [0.3, 0.4) is 0 Å². The molecule has 5 nitrogen and oxygen atoms in total. The molecule has 1 saturated carbocycles. The first-order chi connectivity index (χ1) is 9.67. The Bertz CT molecular complexity index is 561. The predicted octanol–water partition coefficient (Wildman–Crippen LogP) is 3.04. The Labute approximate surface area is 119 Å². The van der Waals surface area contributed by atoms with Crippen LogP contribution in [0.15, 0.2) is 30.6 Å². The molecule has 1 aromatic heterocycles. The molecule has 5 heteroatoms. The lowest BCUT2D eigenvalue weighted by Crippen LogP contribution is -2.39. The highest BCUT2D eigenvalue weighted by Gasteiger charge is 2.32. The van der Waals surface area contributed by atoms with Gasteiger partial charge in [0.25, 0.3) is 0 Å². The van der Waals surface area contributed by atoms with Crippen molar-refractivity contribution in [2.24, 2.45) is 5.41 Å². The molecule has 3 rings (SSSR count). The van der Waals surface area contributed by atoms with Crippen LogP contribution in [-0.2, 0) is 0 Å². The van der Waals surface area contributed by atoms with Crippen molar-refractivity contribution < 1.29 is 0 Å². The maximum atomic E-state index is 3.99. The molecule has 1 unspecified atom stereocenters. The second-order valence-electron chi connectivity index (χ2n) is 6.20. The molecule has 0 spiro atoms. The lowest BCUT2D eigenvalue weighted by Gasteiger charge is -2.40. The van der Waals surface area contributed by atoms with Crippen molar-refractivity contribution in [3.8, 4) is 5.69 Å². The highest BCUT2D eigenvalue weighted by molar-refractivity contribution is 5.61. The molecular weight excluding hydrogens is 250 g/mol. The molecule has 1 aromatic carbocycles. The summed E-state index contributed by atoms with van der Waals surface area (Å²) in [5.41, 5.74) is 2.42. The average molecular weight is 271 g/mol. The first kappa shape index (κ1) is 13.1. The van der Waals surface area contributed by atoms with Crippen LogP contribution in [0.4, 0.5) is 5.69 Å². The molecule has 1 heterocycles. The zero-order valence-corrected chi connectivity index (χ0v) is 12.1. The lowest BCUT2D eigenvalue weighted by atomic mass is 9.73.